The van der Waals surface area contributed by atoms with Crippen LogP contribution in [0.5, 0.6) is 11.6 Å². The molecule has 2 aromatic heterocycles. The van der Waals surface area contributed by atoms with Crippen LogP contribution in [0.15, 0.2) is 60.7 Å². The molecule has 3 aliphatic rings. The third-order valence-corrected chi connectivity index (χ3v) is 7.33. The second kappa shape index (κ2) is 9.67. The molecule has 0 spiro atoms. The van der Waals surface area contributed by atoms with Gasteiger partial charge in [0.05, 0.1) is 37.5 Å². The highest BCUT2D eigenvalue weighted by Crippen LogP contribution is 2.33. The number of H-pyrrole nitrogens is 1. The molecule has 4 aromatic rings. The monoisotopic (exact) mass is 518 g/mol. The topological polar surface area (TPSA) is 95.1 Å². The zero-order valence-corrected chi connectivity index (χ0v) is 20.5. The lowest BCUT2D eigenvalue weighted by atomic mass is 10.0. The molecule has 0 bridgehead atoms. The van der Waals surface area contributed by atoms with Crippen molar-refractivity contribution in [2.24, 2.45) is 0 Å². The lowest BCUT2D eigenvalue weighted by Gasteiger charge is -2.16. The van der Waals surface area contributed by atoms with Gasteiger partial charge in [-0.3, -0.25) is 0 Å². The molecule has 8 nitrogen and oxygen atoms in total. The van der Waals surface area contributed by atoms with Gasteiger partial charge in [0.2, 0.25) is 0 Å². The lowest BCUT2D eigenvalue weighted by molar-refractivity contribution is 0.00794. The van der Waals surface area contributed by atoms with E-state index in [1.54, 1.807) is 6.07 Å². The summed E-state index contributed by atoms with van der Waals surface area (Å²) in [5.41, 5.74) is 4.13. The minimum absolute atomic E-state index is 0.113. The van der Waals surface area contributed by atoms with Gasteiger partial charge in [0.25, 0.3) is 0 Å². The predicted molar refractivity (Wildman–Crippen MR) is 137 cm³/mol. The molecular formula is C29H27FN2O6. The number of nitrogens with one attached hydrogen (secondary N) is 1. The Bertz CT molecular complexity index is 1430. The van der Waals surface area contributed by atoms with Gasteiger partial charge in [-0.05, 0) is 23.3 Å². The Kier molecular flexibility index (Phi) is 6.01. The van der Waals surface area contributed by atoms with Crippen LogP contribution in [0.3, 0.4) is 0 Å². The third kappa shape index (κ3) is 4.41. The Morgan fingerprint density at radius 3 is 2.37 bits per heavy atom. The van der Waals surface area contributed by atoms with Gasteiger partial charge in [-0.15, -0.1) is 0 Å². The van der Waals surface area contributed by atoms with Crippen LogP contribution in [-0.2, 0) is 14.2 Å². The number of pyridine rings is 1. The maximum Gasteiger partial charge on any atom is 0.193 e. The second-order valence-corrected chi connectivity index (χ2v) is 9.91. The summed E-state index contributed by atoms with van der Waals surface area (Å²) in [4.78, 5) is 7.64. The summed E-state index contributed by atoms with van der Waals surface area (Å²) >= 11 is 0. The van der Waals surface area contributed by atoms with E-state index in [9.17, 15) is 5.11 Å². The van der Waals surface area contributed by atoms with E-state index in [2.05, 4.69) is 9.97 Å². The van der Waals surface area contributed by atoms with Gasteiger partial charge < -0.3 is 33.8 Å². The van der Waals surface area contributed by atoms with Crippen molar-refractivity contribution in [3.8, 4) is 34.0 Å². The maximum atomic E-state index is 15.1. The number of rotatable bonds is 6. The minimum atomic E-state index is -0.647. The Balaban J connectivity index is 1.07. The largest absolute Gasteiger partial charge is 0.488 e. The molecule has 9 heteroatoms. The van der Waals surface area contributed by atoms with Crippen LogP contribution in [0.1, 0.15) is 6.42 Å². The van der Waals surface area contributed by atoms with Gasteiger partial charge in [0.15, 0.2) is 17.8 Å². The molecule has 0 radical (unpaired) electrons. The van der Waals surface area contributed by atoms with Crippen LogP contribution in [0, 0.1) is 5.82 Å². The van der Waals surface area contributed by atoms with Crippen molar-refractivity contribution in [1.29, 1.82) is 0 Å². The number of aromatic nitrogens is 2. The standard InChI is InChI=1S/C29H27FN2O6/c30-21-11-22-23(12-26(31-22)38-25-15-36-28-24(33)14-35-29(25)28)32-27(21)18-3-1-16(2-4-18)17-5-7-19(8-6-17)37-20-9-10-34-13-20/h1-8,11-12,20,24-25,28-29,31,33H,9-10,13-15H2/t20?,24-,25-,28-,29-/m1/s1. The van der Waals surface area contributed by atoms with Crippen molar-refractivity contribution in [3.63, 3.8) is 0 Å². The van der Waals surface area contributed by atoms with Crippen LogP contribution in [0.25, 0.3) is 33.4 Å². The predicted octanol–water partition coefficient (Wildman–Crippen LogP) is 4.11. The Morgan fingerprint density at radius 1 is 0.868 bits per heavy atom. The summed E-state index contributed by atoms with van der Waals surface area (Å²) in [6, 6.07) is 18.8. The fourth-order valence-corrected chi connectivity index (χ4v) is 5.33. The Morgan fingerprint density at radius 2 is 1.61 bits per heavy atom. The highest BCUT2D eigenvalue weighted by atomic mass is 19.1. The molecule has 5 atom stereocenters. The highest BCUT2D eigenvalue weighted by molar-refractivity contribution is 5.81. The van der Waals surface area contributed by atoms with E-state index < -0.39 is 11.9 Å². The summed E-state index contributed by atoms with van der Waals surface area (Å²) in [6.07, 6.45) is -0.700. The fraction of sp³-hybridized carbons (Fsp3) is 0.345. The van der Waals surface area contributed by atoms with E-state index in [0.717, 1.165) is 29.9 Å². The van der Waals surface area contributed by atoms with Crippen LogP contribution in [0.4, 0.5) is 4.39 Å². The van der Waals surface area contributed by atoms with Crippen LogP contribution in [-0.4, -0.2) is 72.0 Å². The van der Waals surface area contributed by atoms with E-state index in [0.29, 0.717) is 35.7 Å². The zero-order chi connectivity index (χ0) is 25.6. The minimum Gasteiger partial charge on any atom is -0.488 e. The fourth-order valence-electron chi connectivity index (χ4n) is 5.33. The molecule has 38 heavy (non-hydrogen) atoms. The first kappa shape index (κ1) is 23.6. The van der Waals surface area contributed by atoms with Gasteiger partial charge >= 0.3 is 0 Å². The third-order valence-electron chi connectivity index (χ3n) is 7.33. The first-order valence-electron chi connectivity index (χ1n) is 12.8. The number of hydrogen-bond donors (Lipinski definition) is 2. The van der Waals surface area contributed by atoms with Gasteiger partial charge in [-0.25, -0.2) is 9.37 Å². The maximum absolute atomic E-state index is 15.1. The molecular weight excluding hydrogens is 491 g/mol. The first-order chi connectivity index (χ1) is 18.6. The average molecular weight is 519 g/mol. The number of benzene rings is 2. The van der Waals surface area contributed by atoms with E-state index in [4.69, 9.17) is 23.7 Å². The molecule has 0 aliphatic carbocycles. The van der Waals surface area contributed by atoms with E-state index in [1.165, 1.54) is 6.07 Å². The Hall–Kier alpha value is -3.50. The van der Waals surface area contributed by atoms with Gasteiger partial charge in [0, 0.05) is 24.1 Å². The molecule has 3 saturated heterocycles. The number of fused-ring (bicyclic) bond motifs is 2. The molecule has 0 saturated carbocycles. The van der Waals surface area contributed by atoms with Gasteiger partial charge in [-0.2, -0.15) is 0 Å². The SMILES string of the molecule is O[C@@H]1CO[C@H]2[C@@H]1OC[C@H]2Oc1cc2nc(-c3ccc(-c4ccc(OC5CCOC5)cc4)cc3)c(F)cc2[nH]1. The van der Waals surface area contributed by atoms with E-state index in [1.807, 2.05) is 48.5 Å². The summed E-state index contributed by atoms with van der Waals surface area (Å²) in [7, 11) is 0. The van der Waals surface area contributed by atoms with Crippen LogP contribution >= 0.6 is 0 Å². The zero-order valence-electron chi connectivity index (χ0n) is 20.5. The van der Waals surface area contributed by atoms with Gasteiger partial charge in [-0.1, -0.05) is 36.4 Å². The highest BCUT2D eigenvalue weighted by Gasteiger charge is 2.48. The molecule has 2 aromatic carbocycles. The summed E-state index contributed by atoms with van der Waals surface area (Å²) in [5, 5.41) is 9.93. The van der Waals surface area contributed by atoms with Crippen LogP contribution in [0.2, 0.25) is 0 Å². The molecule has 0 amide bonds. The Labute approximate surface area is 218 Å². The number of aliphatic hydroxyl groups excluding tert-OH is 1. The van der Waals surface area contributed by atoms with Crippen molar-refractivity contribution in [3.05, 3.63) is 66.5 Å². The smallest absolute Gasteiger partial charge is 0.193 e. The molecule has 2 N–H and O–H groups in total. The summed E-state index contributed by atoms with van der Waals surface area (Å²) in [5.74, 6) is 0.845. The van der Waals surface area contributed by atoms with Crippen molar-refractivity contribution in [2.75, 3.05) is 26.4 Å². The molecule has 5 heterocycles. The number of ether oxygens (including phenoxy) is 5. The molecule has 3 fully saturated rings. The van der Waals surface area contributed by atoms with E-state index >= 15 is 4.39 Å². The second-order valence-electron chi connectivity index (χ2n) is 9.91. The lowest BCUT2D eigenvalue weighted by Crippen LogP contribution is -2.34. The quantitative estimate of drug-likeness (QED) is 0.397. The summed E-state index contributed by atoms with van der Waals surface area (Å²) in [6.45, 7) is 1.92. The number of aliphatic hydroxyl groups is 1. The molecule has 1 unspecified atom stereocenters. The molecule has 3 aliphatic heterocycles. The normalized spacial score (nSPS) is 26.6. The van der Waals surface area contributed by atoms with Crippen molar-refractivity contribution >= 4 is 11.0 Å². The molecule has 7 rings (SSSR count). The van der Waals surface area contributed by atoms with Crippen molar-refractivity contribution in [2.45, 2.75) is 36.9 Å². The van der Waals surface area contributed by atoms with Crippen molar-refractivity contribution in [1.82, 2.24) is 9.97 Å². The number of aromatic amines is 1. The van der Waals surface area contributed by atoms with Crippen molar-refractivity contribution < 1.29 is 33.2 Å². The van der Waals surface area contributed by atoms with Crippen LogP contribution < -0.4 is 9.47 Å². The van der Waals surface area contributed by atoms with Gasteiger partial charge in [0.1, 0.15) is 35.9 Å². The summed E-state index contributed by atoms with van der Waals surface area (Å²) < 4.78 is 43.6. The average Bonchev–Trinajstić information content (AvgIpc) is 3.72. The van der Waals surface area contributed by atoms with E-state index in [-0.39, 0.29) is 36.7 Å². The number of hydrogen-bond acceptors (Lipinski definition) is 7. The number of nitrogens with zero attached hydrogens (tertiary/aromatic N) is 1. The first-order valence-corrected chi connectivity index (χ1v) is 12.8. The molecule has 196 valence electrons. The number of halogens is 1.